The Morgan fingerprint density at radius 1 is 1.23 bits per heavy atom. The molecule has 1 atom stereocenters. The summed E-state index contributed by atoms with van der Waals surface area (Å²) < 4.78 is 17.8. The van der Waals surface area contributed by atoms with Crippen LogP contribution in [-0.4, -0.2) is 23.4 Å². The largest absolute Gasteiger partial charge is 0.452 e. The topological polar surface area (TPSA) is 98.5 Å². The van der Waals surface area contributed by atoms with E-state index in [2.05, 4.69) is 5.32 Å². The van der Waals surface area contributed by atoms with Gasteiger partial charge in [-0.15, -0.1) is 0 Å². The number of hydrogen-bond acceptors (Lipinski definition) is 5. The highest BCUT2D eigenvalue weighted by Crippen LogP contribution is 2.21. The van der Waals surface area contributed by atoms with Gasteiger partial charge in [0.15, 0.2) is 6.61 Å². The molecule has 0 aliphatic rings. The number of nitro groups is 1. The number of halogens is 1. The molecule has 1 amide bonds. The molecule has 0 radical (unpaired) electrons. The van der Waals surface area contributed by atoms with Crippen LogP contribution in [0.2, 0.25) is 0 Å². The van der Waals surface area contributed by atoms with Gasteiger partial charge in [-0.05, 0) is 37.6 Å². The lowest BCUT2D eigenvalue weighted by Crippen LogP contribution is -2.31. The summed E-state index contributed by atoms with van der Waals surface area (Å²) in [4.78, 5) is 34.3. The van der Waals surface area contributed by atoms with Crippen LogP contribution in [0.5, 0.6) is 0 Å². The predicted molar refractivity (Wildman–Crippen MR) is 91.1 cm³/mol. The van der Waals surface area contributed by atoms with E-state index in [1.54, 1.807) is 19.1 Å². The first-order chi connectivity index (χ1) is 12.3. The minimum Gasteiger partial charge on any atom is -0.452 e. The molecule has 26 heavy (non-hydrogen) atoms. The van der Waals surface area contributed by atoms with Crippen LogP contribution in [0.1, 0.15) is 34.5 Å². The van der Waals surface area contributed by atoms with Gasteiger partial charge in [-0.2, -0.15) is 0 Å². The van der Waals surface area contributed by atoms with E-state index in [0.29, 0.717) is 5.56 Å². The average Bonchev–Trinajstić information content (AvgIpc) is 2.60. The molecule has 0 fully saturated rings. The Bertz CT molecular complexity index is 836. The van der Waals surface area contributed by atoms with Gasteiger partial charge in [0.1, 0.15) is 5.82 Å². The van der Waals surface area contributed by atoms with E-state index in [9.17, 15) is 24.1 Å². The third-order valence-corrected chi connectivity index (χ3v) is 3.80. The molecule has 0 heterocycles. The fourth-order valence-electron chi connectivity index (χ4n) is 2.37. The van der Waals surface area contributed by atoms with E-state index in [-0.39, 0.29) is 22.6 Å². The van der Waals surface area contributed by atoms with Gasteiger partial charge in [0.2, 0.25) is 0 Å². The minimum absolute atomic E-state index is 0.0265. The second kappa shape index (κ2) is 8.19. The molecular weight excluding hydrogens is 343 g/mol. The zero-order valence-corrected chi connectivity index (χ0v) is 14.2. The zero-order chi connectivity index (χ0) is 19.3. The van der Waals surface area contributed by atoms with Crippen molar-refractivity contribution < 1.29 is 23.6 Å². The van der Waals surface area contributed by atoms with Crippen molar-refractivity contribution in [2.24, 2.45) is 0 Å². The van der Waals surface area contributed by atoms with Crippen LogP contribution >= 0.6 is 0 Å². The Morgan fingerprint density at radius 2 is 1.88 bits per heavy atom. The van der Waals surface area contributed by atoms with Crippen LogP contribution in [0.25, 0.3) is 0 Å². The van der Waals surface area contributed by atoms with Crippen molar-refractivity contribution in [3.63, 3.8) is 0 Å². The molecule has 8 heteroatoms. The number of ether oxygens (including phenoxy) is 1. The first-order valence-electron chi connectivity index (χ1n) is 7.75. The van der Waals surface area contributed by atoms with Crippen molar-refractivity contribution in [1.29, 1.82) is 0 Å². The SMILES string of the molecule is Cc1c(C(=O)OCC(=O)N[C@H](C)c2ccc(F)cc2)cccc1[N+](=O)[O-]. The summed E-state index contributed by atoms with van der Waals surface area (Å²) in [5, 5.41) is 13.5. The Hall–Kier alpha value is -3.29. The summed E-state index contributed by atoms with van der Waals surface area (Å²) in [5.74, 6) is -1.75. The highest BCUT2D eigenvalue weighted by atomic mass is 19.1. The second-order valence-electron chi connectivity index (χ2n) is 5.62. The number of rotatable bonds is 6. The van der Waals surface area contributed by atoms with Gasteiger partial charge in [-0.3, -0.25) is 14.9 Å². The maximum Gasteiger partial charge on any atom is 0.339 e. The second-order valence-corrected chi connectivity index (χ2v) is 5.62. The number of hydrogen-bond donors (Lipinski definition) is 1. The van der Waals surface area contributed by atoms with E-state index in [1.165, 1.54) is 37.3 Å². The predicted octanol–water partition coefficient (Wildman–Crippen LogP) is 3.08. The molecule has 136 valence electrons. The maximum atomic E-state index is 12.9. The summed E-state index contributed by atoms with van der Waals surface area (Å²) >= 11 is 0. The Labute approximate surface area is 148 Å². The molecular formula is C18H17FN2O5. The van der Waals surface area contributed by atoms with Crippen LogP contribution in [0.15, 0.2) is 42.5 Å². The van der Waals surface area contributed by atoms with Gasteiger partial charge in [0.25, 0.3) is 11.6 Å². The Balaban J connectivity index is 1.95. The van der Waals surface area contributed by atoms with E-state index >= 15 is 0 Å². The van der Waals surface area contributed by atoms with Gasteiger partial charge in [0.05, 0.1) is 16.5 Å². The molecule has 2 aromatic carbocycles. The van der Waals surface area contributed by atoms with Crippen molar-refractivity contribution in [1.82, 2.24) is 5.32 Å². The van der Waals surface area contributed by atoms with E-state index in [0.717, 1.165) is 0 Å². The summed E-state index contributed by atoms with van der Waals surface area (Å²) in [6.07, 6.45) is 0. The minimum atomic E-state index is -0.823. The molecule has 0 saturated heterocycles. The standard InChI is InChI=1S/C18H17FN2O5/c1-11-15(4-3-5-16(11)21(24)25)18(23)26-10-17(22)20-12(2)13-6-8-14(19)9-7-13/h3-9,12H,10H2,1-2H3,(H,20,22)/t12-/m1/s1. The van der Waals surface area contributed by atoms with Crippen molar-refractivity contribution in [3.05, 3.63) is 75.1 Å². The third-order valence-electron chi connectivity index (χ3n) is 3.80. The third kappa shape index (κ3) is 4.62. The number of carbonyl (C=O) groups excluding carboxylic acids is 2. The van der Waals surface area contributed by atoms with E-state index in [4.69, 9.17) is 4.74 Å². The van der Waals surface area contributed by atoms with Crippen LogP contribution in [-0.2, 0) is 9.53 Å². The summed E-state index contributed by atoms with van der Waals surface area (Å²) in [5.41, 5.74) is 0.690. The first-order valence-corrected chi connectivity index (χ1v) is 7.75. The van der Waals surface area contributed by atoms with Crippen LogP contribution in [0.4, 0.5) is 10.1 Å². The number of carbonyl (C=O) groups is 2. The molecule has 1 N–H and O–H groups in total. The highest BCUT2D eigenvalue weighted by Gasteiger charge is 2.20. The van der Waals surface area contributed by atoms with Crippen molar-refractivity contribution in [3.8, 4) is 0 Å². The van der Waals surface area contributed by atoms with Crippen LogP contribution in [0, 0.1) is 22.9 Å². The number of esters is 1. The fraction of sp³-hybridized carbons (Fsp3) is 0.222. The van der Waals surface area contributed by atoms with Crippen molar-refractivity contribution in [2.45, 2.75) is 19.9 Å². The number of nitrogens with one attached hydrogen (secondary N) is 1. The summed E-state index contributed by atoms with van der Waals surface area (Å²) in [7, 11) is 0. The molecule has 0 unspecified atom stereocenters. The van der Waals surface area contributed by atoms with Crippen LogP contribution < -0.4 is 5.32 Å². The van der Waals surface area contributed by atoms with Crippen LogP contribution in [0.3, 0.4) is 0 Å². The summed E-state index contributed by atoms with van der Waals surface area (Å²) in [6, 6.07) is 9.29. The van der Waals surface area contributed by atoms with Gasteiger partial charge >= 0.3 is 5.97 Å². The molecule has 0 aliphatic heterocycles. The van der Waals surface area contributed by atoms with Gasteiger partial charge in [-0.1, -0.05) is 18.2 Å². The maximum absolute atomic E-state index is 12.9. The van der Waals surface area contributed by atoms with E-state index < -0.39 is 29.4 Å². The fourth-order valence-corrected chi connectivity index (χ4v) is 2.37. The lowest BCUT2D eigenvalue weighted by molar-refractivity contribution is -0.385. The van der Waals surface area contributed by atoms with Gasteiger partial charge in [-0.25, -0.2) is 9.18 Å². The number of nitro benzene ring substituents is 1. The number of amides is 1. The molecule has 0 aromatic heterocycles. The number of nitrogens with zero attached hydrogens (tertiary/aromatic N) is 1. The lowest BCUT2D eigenvalue weighted by Gasteiger charge is -2.14. The summed E-state index contributed by atoms with van der Waals surface area (Å²) in [6.45, 7) is 2.61. The zero-order valence-electron chi connectivity index (χ0n) is 14.2. The molecule has 0 aliphatic carbocycles. The monoisotopic (exact) mass is 360 g/mol. The molecule has 0 bridgehead atoms. The highest BCUT2D eigenvalue weighted by molar-refractivity contribution is 5.93. The number of benzene rings is 2. The average molecular weight is 360 g/mol. The Kier molecular flexibility index (Phi) is 6.00. The molecule has 0 spiro atoms. The van der Waals surface area contributed by atoms with Crippen molar-refractivity contribution in [2.75, 3.05) is 6.61 Å². The van der Waals surface area contributed by atoms with Crippen molar-refractivity contribution >= 4 is 17.6 Å². The lowest BCUT2D eigenvalue weighted by atomic mass is 10.1. The van der Waals surface area contributed by atoms with Gasteiger partial charge in [0, 0.05) is 11.6 Å². The van der Waals surface area contributed by atoms with Gasteiger partial charge < -0.3 is 10.1 Å². The molecule has 2 rings (SSSR count). The Morgan fingerprint density at radius 3 is 2.50 bits per heavy atom. The smallest absolute Gasteiger partial charge is 0.339 e. The first kappa shape index (κ1) is 19.0. The van der Waals surface area contributed by atoms with E-state index in [1.807, 2.05) is 0 Å². The quantitative estimate of drug-likeness (QED) is 0.485. The molecule has 2 aromatic rings. The molecule has 7 nitrogen and oxygen atoms in total. The molecule has 0 saturated carbocycles. The normalized spacial score (nSPS) is 11.5.